The Bertz CT molecular complexity index is 819. The molecule has 0 aromatic carbocycles. The van der Waals surface area contributed by atoms with E-state index in [0.717, 1.165) is 27.0 Å². The number of nitrogens with one attached hydrogen (secondary N) is 2. The SMILES string of the molecule is N=C(N)SCc1nc2scc(-c3cccs3)c2c(=O)[nH]1. The fourth-order valence-corrected chi connectivity index (χ4v) is 4.03. The highest BCUT2D eigenvalue weighted by atomic mass is 32.2. The van der Waals surface area contributed by atoms with Crippen LogP contribution in [0.15, 0.2) is 27.7 Å². The summed E-state index contributed by atoms with van der Waals surface area (Å²) in [6.45, 7) is 0. The number of nitrogens with zero attached hydrogens (tertiary/aromatic N) is 1. The van der Waals surface area contributed by atoms with Crippen LogP contribution in [-0.2, 0) is 5.75 Å². The lowest BCUT2D eigenvalue weighted by Crippen LogP contribution is -2.12. The van der Waals surface area contributed by atoms with E-state index in [2.05, 4.69) is 9.97 Å². The number of fused-ring (bicyclic) bond motifs is 1. The molecule has 0 atom stereocenters. The number of amidine groups is 1. The van der Waals surface area contributed by atoms with Crippen molar-refractivity contribution in [2.24, 2.45) is 5.73 Å². The molecule has 3 heterocycles. The molecule has 102 valence electrons. The van der Waals surface area contributed by atoms with E-state index in [1.54, 1.807) is 11.3 Å². The van der Waals surface area contributed by atoms with Crippen molar-refractivity contribution in [2.45, 2.75) is 5.75 Å². The first-order valence-electron chi connectivity index (χ1n) is 5.66. The number of hydrogen-bond donors (Lipinski definition) is 3. The molecule has 0 saturated carbocycles. The number of thioether (sulfide) groups is 1. The average Bonchev–Trinajstić information content (AvgIpc) is 3.04. The van der Waals surface area contributed by atoms with Gasteiger partial charge in [-0.1, -0.05) is 17.8 Å². The van der Waals surface area contributed by atoms with Crippen LogP contribution in [-0.4, -0.2) is 15.1 Å². The van der Waals surface area contributed by atoms with Gasteiger partial charge in [0.2, 0.25) is 0 Å². The molecular formula is C12H10N4OS3. The molecule has 3 aromatic rings. The molecule has 0 radical (unpaired) electrons. The minimum atomic E-state index is -0.140. The van der Waals surface area contributed by atoms with Crippen molar-refractivity contribution in [2.75, 3.05) is 0 Å². The number of rotatable bonds is 3. The van der Waals surface area contributed by atoms with E-state index in [-0.39, 0.29) is 10.7 Å². The van der Waals surface area contributed by atoms with Gasteiger partial charge in [-0.05, 0) is 11.4 Å². The topological polar surface area (TPSA) is 95.6 Å². The van der Waals surface area contributed by atoms with Crippen LogP contribution in [0.4, 0.5) is 0 Å². The molecule has 0 amide bonds. The Morgan fingerprint density at radius 2 is 2.35 bits per heavy atom. The molecule has 3 rings (SSSR count). The fraction of sp³-hybridized carbons (Fsp3) is 0.0833. The standard InChI is InChI=1S/C12H10N4OS3/c13-12(14)20-5-8-15-10(17)9-6(4-19-11(9)16-8)7-2-1-3-18-7/h1-4H,5H2,(H3,13,14)(H,15,16,17). The highest BCUT2D eigenvalue weighted by Crippen LogP contribution is 2.33. The molecule has 0 fully saturated rings. The smallest absolute Gasteiger partial charge is 0.260 e. The lowest BCUT2D eigenvalue weighted by atomic mass is 10.2. The van der Waals surface area contributed by atoms with Gasteiger partial charge in [0.25, 0.3) is 5.56 Å². The summed E-state index contributed by atoms with van der Waals surface area (Å²) in [5.41, 5.74) is 6.08. The van der Waals surface area contributed by atoms with E-state index < -0.39 is 0 Å². The number of hydrogen-bond acceptors (Lipinski definition) is 6. The predicted molar refractivity (Wildman–Crippen MR) is 86.8 cm³/mol. The molecule has 0 bridgehead atoms. The third-order valence-electron chi connectivity index (χ3n) is 2.64. The monoisotopic (exact) mass is 322 g/mol. The van der Waals surface area contributed by atoms with Crippen LogP contribution in [0.3, 0.4) is 0 Å². The molecule has 5 nitrogen and oxygen atoms in total. The second-order valence-corrected chi connectivity index (χ2v) is 6.80. The maximum atomic E-state index is 12.2. The van der Waals surface area contributed by atoms with Crippen molar-refractivity contribution >= 4 is 49.8 Å². The first kappa shape index (κ1) is 13.3. The minimum absolute atomic E-state index is 0.0122. The number of aromatic amines is 1. The molecule has 0 aliphatic carbocycles. The highest BCUT2D eigenvalue weighted by molar-refractivity contribution is 8.13. The summed E-state index contributed by atoms with van der Waals surface area (Å²) in [7, 11) is 0. The molecule has 0 unspecified atom stereocenters. The lowest BCUT2D eigenvalue weighted by Gasteiger charge is -2.00. The van der Waals surface area contributed by atoms with Gasteiger partial charge in [0.1, 0.15) is 10.7 Å². The van der Waals surface area contributed by atoms with Gasteiger partial charge in [-0.25, -0.2) is 4.98 Å². The van der Waals surface area contributed by atoms with Gasteiger partial charge in [-0.15, -0.1) is 22.7 Å². The molecule has 4 N–H and O–H groups in total. The predicted octanol–water partition coefficient (Wildman–Crippen LogP) is 2.84. The van der Waals surface area contributed by atoms with Crippen molar-refractivity contribution in [3.63, 3.8) is 0 Å². The van der Waals surface area contributed by atoms with Crippen LogP contribution in [0.5, 0.6) is 0 Å². The van der Waals surface area contributed by atoms with Crippen LogP contribution < -0.4 is 11.3 Å². The van der Waals surface area contributed by atoms with E-state index in [1.807, 2.05) is 22.9 Å². The maximum absolute atomic E-state index is 12.2. The molecule has 8 heteroatoms. The fourth-order valence-electron chi connectivity index (χ4n) is 1.82. The normalized spacial score (nSPS) is 11.0. The Kier molecular flexibility index (Phi) is 3.60. The second-order valence-electron chi connectivity index (χ2n) is 3.97. The summed E-state index contributed by atoms with van der Waals surface area (Å²) in [6, 6.07) is 3.95. The van der Waals surface area contributed by atoms with Gasteiger partial charge in [0.05, 0.1) is 11.1 Å². The summed E-state index contributed by atoms with van der Waals surface area (Å²) in [4.78, 5) is 21.2. The Morgan fingerprint density at radius 3 is 3.05 bits per heavy atom. The molecule has 0 spiro atoms. The van der Waals surface area contributed by atoms with Crippen molar-refractivity contribution in [3.8, 4) is 10.4 Å². The third kappa shape index (κ3) is 2.49. The molecule has 0 aliphatic heterocycles. The van der Waals surface area contributed by atoms with E-state index in [1.165, 1.54) is 11.3 Å². The molecule has 0 aliphatic rings. The van der Waals surface area contributed by atoms with Crippen LogP contribution in [0, 0.1) is 5.41 Å². The first-order valence-corrected chi connectivity index (χ1v) is 8.40. The van der Waals surface area contributed by atoms with Crippen LogP contribution in [0.25, 0.3) is 20.7 Å². The van der Waals surface area contributed by atoms with E-state index in [9.17, 15) is 4.79 Å². The van der Waals surface area contributed by atoms with Gasteiger partial charge in [-0.3, -0.25) is 10.2 Å². The summed E-state index contributed by atoms with van der Waals surface area (Å²) in [5.74, 6) is 0.939. The number of thiophene rings is 2. The zero-order chi connectivity index (χ0) is 14.1. The number of aromatic nitrogens is 2. The summed E-state index contributed by atoms with van der Waals surface area (Å²) >= 11 is 4.20. The lowest BCUT2D eigenvalue weighted by molar-refractivity contribution is 1.05. The summed E-state index contributed by atoms with van der Waals surface area (Å²) < 4.78 is 0. The Balaban J connectivity index is 2.07. The molecule has 3 aromatic heterocycles. The van der Waals surface area contributed by atoms with Crippen LogP contribution >= 0.6 is 34.4 Å². The quantitative estimate of drug-likeness (QED) is 0.510. The van der Waals surface area contributed by atoms with Gasteiger partial charge in [0, 0.05) is 15.8 Å². The Hall–Kier alpha value is -1.64. The van der Waals surface area contributed by atoms with E-state index >= 15 is 0 Å². The maximum Gasteiger partial charge on any atom is 0.260 e. The summed E-state index contributed by atoms with van der Waals surface area (Å²) in [5, 5.41) is 11.8. The van der Waals surface area contributed by atoms with Gasteiger partial charge in [0.15, 0.2) is 5.17 Å². The number of H-pyrrole nitrogens is 1. The van der Waals surface area contributed by atoms with Gasteiger partial charge in [-0.2, -0.15) is 0 Å². The Morgan fingerprint density at radius 1 is 1.50 bits per heavy atom. The third-order valence-corrected chi connectivity index (χ3v) is 5.15. The minimum Gasteiger partial charge on any atom is -0.379 e. The zero-order valence-electron chi connectivity index (χ0n) is 10.2. The summed E-state index contributed by atoms with van der Waals surface area (Å²) in [6.07, 6.45) is 0. The van der Waals surface area contributed by atoms with Crippen LogP contribution in [0.1, 0.15) is 5.82 Å². The zero-order valence-corrected chi connectivity index (χ0v) is 12.6. The van der Waals surface area contributed by atoms with Crippen molar-refractivity contribution in [1.82, 2.24) is 9.97 Å². The Labute approximate surface area is 126 Å². The molecule has 0 saturated heterocycles. The molecule has 20 heavy (non-hydrogen) atoms. The molecular weight excluding hydrogens is 312 g/mol. The van der Waals surface area contributed by atoms with Crippen LogP contribution in [0.2, 0.25) is 0 Å². The van der Waals surface area contributed by atoms with Crippen molar-refractivity contribution < 1.29 is 0 Å². The average molecular weight is 322 g/mol. The highest BCUT2D eigenvalue weighted by Gasteiger charge is 2.13. The van der Waals surface area contributed by atoms with Gasteiger partial charge < -0.3 is 10.7 Å². The first-order chi connectivity index (χ1) is 9.65. The largest absolute Gasteiger partial charge is 0.379 e. The second kappa shape index (κ2) is 5.39. The van der Waals surface area contributed by atoms with Gasteiger partial charge >= 0.3 is 0 Å². The van der Waals surface area contributed by atoms with Crippen molar-refractivity contribution in [1.29, 1.82) is 5.41 Å². The van der Waals surface area contributed by atoms with Crippen molar-refractivity contribution in [3.05, 3.63) is 39.1 Å². The van der Waals surface area contributed by atoms with E-state index in [4.69, 9.17) is 11.1 Å². The number of nitrogens with two attached hydrogens (primary N) is 1. The van der Waals surface area contributed by atoms with E-state index in [0.29, 0.717) is 17.0 Å².